The molecule has 1 unspecified atom stereocenters. The third kappa shape index (κ3) is 1.43. The molecule has 0 aromatic rings. The van der Waals surface area contributed by atoms with Gasteiger partial charge in [-0.25, -0.2) is 0 Å². The largest absolute Gasteiger partial charge is 0.508 e. The van der Waals surface area contributed by atoms with Crippen molar-refractivity contribution in [3.8, 4) is 0 Å². The van der Waals surface area contributed by atoms with Gasteiger partial charge in [0.15, 0.2) is 11.9 Å². The SMILES string of the molecule is O=C1C[C@@H](O)[C@]23OC4=C2C/1=C\C=C/C1=C2C(=C(O)\C=C/4)/[C@H](O)[C@H]4O[C@H]4C2(O1)O3. The molecule has 2 aliphatic carbocycles. The quantitative estimate of drug-likeness (QED) is 0.513. The van der Waals surface area contributed by atoms with Crippen molar-refractivity contribution >= 4 is 5.78 Å². The van der Waals surface area contributed by atoms with E-state index in [1.807, 2.05) is 0 Å². The lowest BCUT2D eigenvalue weighted by Crippen LogP contribution is -2.68. The summed E-state index contributed by atoms with van der Waals surface area (Å²) in [5.41, 5.74) is 1.54. The maximum atomic E-state index is 12.6. The van der Waals surface area contributed by atoms with Crippen LogP contribution in [0.4, 0.5) is 0 Å². The minimum atomic E-state index is -1.59. The van der Waals surface area contributed by atoms with Gasteiger partial charge in [0.25, 0.3) is 11.6 Å². The van der Waals surface area contributed by atoms with Gasteiger partial charge in [-0.2, -0.15) is 0 Å². The number of aliphatic hydroxyl groups excluding tert-OH is 3. The van der Waals surface area contributed by atoms with Crippen molar-refractivity contribution in [3.63, 3.8) is 0 Å². The first-order chi connectivity index (χ1) is 13.5. The number of ether oxygens (including phenoxy) is 4. The number of epoxide rings is 1. The minimum Gasteiger partial charge on any atom is -0.508 e. The van der Waals surface area contributed by atoms with Crippen LogP contribution in [-0.4, -0.2) is 57.1 Å². The number of allylic oxidation sites excluding steroid dienone is 5. The third-order valence-electron chi connectivity index (χ3n) is 6.36. The molecule has 9 aliphatic rings. The Bertz CT molecular complexity index is 1090. The van der Waals surface area contributed by atoms with Gasteiger partial charge in [0.1, 0.15) is 35.6 Å². The fourth-order valence-electron chi connectivity index (χ4n) is 5.06. The Balaban J connectivity index is 1.60. The molecule has 2 spiro atoms. The van der Waals surface area contributed by atoms with Gasteiger partial charge in [0.05, 0.1) is 11.1 Å². The number of fused-ring (bicyclic) bond motifs is 3. The Morgan fingerprint density at radius 3 is 2.68 bits per heavy atom. The molecule has 0 aromatic heterocycles. The third-order valence-corrected chi connectivity index (χ3v) is 6.36. The van der Waals surface area contributed by atoms with Crippen molar-refractivity contribution in [2.24, 2.45) is 0 Å². The first kappa shape index (κ1) is 15.3. The molecule has 7 aliphatic heterocycles. The van der Waals surface area contributed by atoms with Gasteiger partial charge in [-0.1, -0.05) is 12.2 Å². The van der Waals surface area contributed by atoms with Crippen molar-refractivity contribution in [3.05, 3.63) is 70.0 Å². The number of hydrogen-bond donors (Lipinski definition) is 3. The molecule has 3 fully saturated rings. The van der Waals surface area contributed by atoms with E-state index >= 15 is 0 Å². The summed E-state index contributed by atoms with van der Waals surface area (Å²) in [7, 11) is 0. The molecule has 0 aromatic carbocycles. The van der Waals surface area contributed by atoms with E-state index in [2.05, 4.69) is 0 Å². The molecule has 142 valence electrons. The second-order valence-corrected chi connectivity index (χ2v) is 7.80. The van der Waals surface area contributed by atoms with Crippen LogP contribution in [-0.2, 0) is 23.7 Å². The fourth-order valence-corrected chi connectivity index (χ4v) is 5.06. The van der Waals surface area contributed by atoms with Crippen molar-refractivity contribution < 1.29 is 39.1 Å². The Kier molecular flexibility index (Phi) is 2.37. The van der Waals surface area contributed by atoms with E-state index in [1.165, 1.54) is 12.2 Å². The molecule has 7 heterocycles. The van der Waals surface area contributed by atoms with Gasteiger partial charge >= 0.3 is 0 Å². The van der Waals surface area contributed by atoms with Gasteiger partial charge in [-0.05, 0) is 18.2 Å². The fraction of sp³-hybridized carbons (Fsp3) is 0.350. The molecule has 3 N–H and O–H groups in total. The molecule has 8 bridgehead atoms. The Morgan fingerprint density at radius 2 is 1.82 bits per heavy atom. The highest BCUT2D eigenvalue weighted by Crippen LogP contribution is 2.64. The number of hydrogen-bond acceptors (Lipinski definition) is 8. The molecule has 1 saturated heterocycles. The van der Waals surface area contributed by atoms with Crippen LogP contribution in [0.5, 0.6) is 0 Å². The van der Waals surface area contributed by atoms with Crippen molar-refractivity contribution in [2.75, 3.05) is 0 Å². The summed E-state index contributed by atoms with van der Waals surface area (Å²) in [6.07, 6.45) is 4.21. The average molecular weight is 382 g/mol. The van der Waals surface area contributed by atoms with Crippen LogP contribution in [0.15, 0.2) is 70.0 Å². The van der Waals surface area contributed by atoms with Gasteiger partial charge in [0, 0.05) is 17.6 Å². The predicted octanol–water partition coefficient (Wildman–Crippen LogP) is 0.318. The van der Waals surface area contributed by atoms with E-state index in [9.17, 15) is 20.1 Å². The summed E-state index contributed by atoms with van der Waals surface area (Å²) in [6.45, 7) is 0. The van der Waals surface area contributed by atoms with Crippen LogP contribution in [0.1, 0.15) is 6.42 Å². The topological polar surface area (TPSA) is 118 Å². The van der Waals surface area contributed by atoms with Crippen molar-refractivity contribution in [1.82, 2.24) is 0 Å². The molecule has 8 heteroatoms. The first-order valence-corrected chi connectivity index (χ1v) is 9.09. The highest BCUT2D eigenvalue weighted by Gasteiger charge is 2.77. The lowest BCUT2D eigenvalue weighted by atomic mass is 9.73. The van der Waals surface area contributed by atoms with Crippen LogP contribution in [0.2, 0.25) is 0 Å². The first-order valence-electron chi connectivity index (χ1n) is 9.09. The summed E-state index contributed by atoms with van der Waals surface area (Å²) in [5.74, 6) is -2.72. The molecule has 6 atom stereocenters. The number of rotatable bonds is 0. The van der Waals surface area contributed by atoms with Crippen LogP contribution in [0, 0.1) is 0 Å². The molecule has 8 nitrogen and oxygen atoms in total. The predicted molar refractivity (Wildman–Crippen MR) is 89.1 cm³/mol. The second-order valence-electron chi connectivity index (χ2n) is 7.80. The molecule has 0 amide bonds. The number of ketones is 1. The lowest BCUT2D eigenvalue weighted by Gasteiger charge is -2.57. The van der Waals surface area contributed by atoms with Crippen molar-refractivity contribution in [1.29, 1.82) is 0 Å². The normalized spacial score (nSPS) is 53.1. The van der Waals surface area contributed by atoms with Crippen LogP contribution < -0.4 is 0 Å². The van der Waals surface area contributed by atoms with E-state index in [0.717, 1.165) is 0 Å². The molecule has 9 rings (SSSR count). The Hall–Kier alpha value is -2.65. The molecular formula is C20H14O8. The van der Waals surface area contributed by atoms with E-state index in [4.69, 9.17) is 18.9 Å². The summed E-state index contributed by atoms with van der Waals surface area (Å²) in [4.78, 5) is 12.6. The lowest BCUT2D eigenvalue weighted by molar-refractivity contribution is -0.371. The summed E-state index contributed by atoms with van der Waals surface area (Å²) >= 11 is 0. The zero-order valence-corrected chi connectivity index (χ0v) is 14.3. The van der Waals surface area contributed by atoms with Crippen LogP contribution >= 0.6 is 0 Å². The highest BCUT2D eigenvalue weighted by atomic mass is 16.8. The number of Topliss-reactive ketones (excluding diaryl/α,β-unsaturated/α-hetero) is 1. The number of carbonyl (C=O) groups excluding carboxylic acids is 1. The Morgan fingerprint density at radius 1 is 1.04 bits per heavy atom. The zero-order valence-electron chi connectivity index (χ0n) is 14.3. The van der Waals surface area contributed by atoms with Gasteiger partial charge in [0.2, 0.25) is 0 Å². The summed E-state index contributed by atoms with van der Waals surface area (Å²) in [5, 5.41) is 32.2. The summed E-state index contributed by atoms with van der Waals surface area (Å²) < 4.78 is 23.9. The maximum absolute atomic E-state index is 12.6. The van der Waals surface area contributed by atoms with Gasteiger partial charge in [-0.15, -0.1) is 0 Å². The standard InChI is InChI=1S/C20H14O8/c21-8-4-5-11-14-7-2-1-3-10-15-13(8)16(24)17-18(25-17)20(15,27-10)28-19(14,26-11)12(23)6-9(7)22/h1-5,12,16-18,21,23-24H,6H2/b2-1?,3-1-,5-4-,7-2-,8-4?,10-3?,11-5?,13-8-/t12-,16+,17-,18-,19-,20?/m1/s1. The van der Waals surface area contributed by atoms with E-state index < -0.39 is 36.0 Å². The highest BCUT2D eigenvalue weighted by molar-refractivity contribution is 6.03. The molecular weight excluding hydrogens is 368 g/mol. The van der Waals surface area contributed by atoms with E-state index in [0.29, 0.717) is 28.2 Å². The van der Waals surface area contributed by atoms with E-state index in [-0.39, 0.29) is 23.5 Å². The minimum absolute atomic E-state index is 0.159. The van der Waals surface area contributed by atoms with Crippen LogP contribution in [0.25, 0.3) is 0 Å². The van der Waals surface area contributed by atoms with Gasteiger partial charge in [-0.3, -0.25) is 9.53 Å². The monoisotopic (exact) mass is 382 g/mol. The summed E-state index contributed by atoms with van der Waals surface area (Å²) in [6, 6.07) is 0. The van der Waals surface area contributed by atoms with Crippen molar-refractivity contribution in [2.45, 2.75) is 42.4 Å². The van der Waals surface area contributed by atoms with Gasteiger partial charge < -0.3 is 29.5 Å². The molecule has 0 radical (unpaired) electrons. The number of aliphatic hydroxyl groups is 3. The second kappa shape index (κ2) is 4.33. The smallest absolute Gasteiger partial charge is 0.274 e. The average Bonchev–Trinajstić information content (AvgIpc) is 3.42. The zero-order chi connectivity index (χ0) is 19.0. The van der Waals surface area contributed by atoms with E-state index in [1.54, 1.807) is 18.2 Å². The van der Waals surface area contributed by atoms with Crippen LogP contribution in [0.3, 0.4) is 0 Å². The molecule has 28 heavy (non-hydrogen) atoms. The maximum Gasteiger partial charge on any atom is 0.274 e. The number of carbonyl (C=O) groups is 1. The molecule has 2 saturated carbocycles. The Labute approximate surface area is 157 Å².